The van der Waals surface area contributed by atoms with Gasteiger partial charge in [-0.2, -0.15) is 5.10 Å². The molecule has 1 aromatic heterocycles. The number of carbonyl (C=O) groups excluding carboxylic acids is 1. The molecule has 8 nitrogen and oxygen atoms in total. The minimum atomic E-state index is -0.515. The van der Waals surface area contributed by atoms with Crippen LogP contribution in [0, 0.1) is 10.1 Å². The zero-order valence-corrected chi connectivity index (χ0v) is 15.9. The first-order valence-electron chi connectivity index (χ1n) is 9.26. The number of fused-ring (bicyclic) bond motifs is 1. The van der Waals surface area contributed by atoms with Gasteiger partial charge in [0.2, 0.25) is 0 Å². The van der Waals surface area contributed by atoms with E-state index in [9.17, 15) is 14.9 Å². The van der Waals surface area contributed by atoms with Crippen LogP contribution in [-0.2, 0) is 11.3 Å². The number of nitro groups is 1. The van der Waals surface area contributed by atoms with Gasteiger partial charge in [0.25, 0.3) is 11.6 Å². The highest BCUT2D eigenvalue weighted by Gasteiger charge is 2.11. The summed E-state index contributed by atoms with van der Waals surface area (Å²) in [6.45, 7) is 0.219. The smallest absolute Gasteiger partial charge is 0.273 e. The summed E-state index contributed by atoms with van der Waals surface area (Å²) in [6.07, 6.45) is 1.61. The molecule has 0 aliphatic rings. The van der Waals surface area contributed by atoms with Gasteiger partial charge in [0.05, 0.1) is 23.7 Å². The minimum absolute atomic E-state index is 0.0962. The van der Waals surface area contributed by atoms with Crippen molar-refractivity contribution in [3.8, 4) is 5.75 Å². The van der Waals surface area contributed by atoms with Crippen molar-refractivity contribution in [2.24, 2.45) is 0 Å². The van der Waals surface area contributed by atoms with E-state index in [1.54, 1.807) is 23.0 Å². The van der Waals surface area contributed by atoms with Gasteiger partial charge in [-0.25, -0.2) is 4.68 Å². The molecule has 0 saturated carbocycles. The van der Waals surface area contributed by atoms with Crippen LogP contribution in [0.3, 0.4) is 0 Å². The van der Waals surface area contributed by atoms with Gasteiger partial charge in [-0.15, -0.1) is 0 Å². The Kier molecular flexibility index (Phi) is 5.38. The zero-order valence-electron chi connectivity index (χ0n) is 15.9. The summed E-state index contributed by atoms with van der Waals surface area (Å²) in [5, 5.41) is 20.2. The van der Waals surface area contributed by atoms with Crippen LogP contribution in [0.25, 0.3) is 10.8 Å². The number of nitrogens with one attached hydrogen (secondary N) is 1. The van der Waals surface area contributed by atoms with Crippen molar-refractivity contribution in [3.63, 3.8) is 0 Å². The molecule has 1 N–H and O–H groups in total. The third-order valence-electron chi connectivity index (χ3n) is 4.58. The van der Waals surface area contributed by atoms with Crippen LogP contribution in [0.4, 0.5) is 11.5 Å². The predicted molar refractivity (Wildman–Crippen MR) is 112 cm³/mol. The first-order valence-corrected chi connectivity index (χ1v) is 9.26. The second-order valence-electron chi connectivity index (χ2n) is 6.60. The lowest BCUT2D eigenvalue weighted by Gasteiger charge is -2.11. The van der Waals surface area contributed by atoms with Crippen LogP contribution in [0.5, 0.6) is 5.75 Å². The van der Waals surface area contributed by atoms with Crippen molar-refractivity contribution in [2.45, 2.75) is 6.54 Å². The Labute approximate surface area is 171 Å². The molecule has 4 aromatic rings. The Morgan fingerprint density at radius 1 is 1.07 bits per heavy atom. The zero-order chi connectivity index (χ0) is 20.9. The van der Waals surface area contributed by atoms with Crippen LogP contribution in [0.15, 0.2) is 79.0 Å². The number of nitro benzene ring substituents is 1. The molecule has 150 valence electrons. The molecule has 3 aromatic carbocycles. The Bertz CT molecular complexity index is 1210. The predicted octanol–water partition coefficient (Wildman–Crippen LogP) is 4.01. The Balaban J connectivity index is 1.43. The largest absolute Gasteiger partial charge is 0.484 e. The molecule has 1 amide bonds. The fourth-order valence-electron chi connectivity index (χ4n) is 3.17. The molecular weight excluding hydrogens is 384 g/mol. The van der Waals surface area contributed by atoms with E-state index in [-0.39, 0.29) is 24.0 Å². The van der Waals surface area contributed by atoms with E-state index >= 15 is 0 Å². The molecule has 0 saturated heterocycles. The van der Waals surface area contributed by atoms with Gasteiger partial charge in [0.15, 0.2) is 6.61 Å². The van der Waals surface area contributed by atoms with Crippen LogP contribution in [-0.4, -0.2) is 27.2 Å². The maximum atomic E-state index is 12.3. The summed E-state index contributed by atoms with van der Waals surface area (Å²) in [7, 11) is 0. The molecule has 1 heterocycles. The van der Waals surface area contributed by atoms with Gasteiger partial charge in [-0.3, -0.25) is 14.9 Å². The highest BCUT2D eigenvalue weighted by molar-refractivity contribution is 5.91. The van der Waals surface area contributed by atoms with Gasteiger partial charge in [-0.1, -0.05) is 48.5 Å². The van der Waals surface area contributed by atoms with E-state index in [0.717, 1.165) is 16.3 Å². The molecule has 0 bridgehead atoms. The first kappa shape index (κ1) is 19.1. The number of benzene rings is 3. The number of carbonyl (C=O) groups is 1. The molecule has 0 atom stereocenters. The van der Waals surface area contributed by atoms with Crippen molar-refractivity contribution < 1.29 is 14.5 Å². The summed E-state index contributed by atoms with van der Waals surface area (Å²) >= 11 is 0. The molecule has 0 unspecified atom stereocenters. The minimum Gasteiger partial charge on any atom is -0.484 e. The lowest BCUT2D eigenvalue weighted by molar-refractivity contribution is -0.384. The Morgan fingerprint density at radius 3 is 2.73 bits per heavy atom. The van der Waals surface area contributed by atoms with Crippen LogP contribution in [0.2, 0.25) is 0 Å². The van der Waals surface area contributed by atoms with Gasteiger partial charge in [-0.05, 0) is 22.4 Å². The van der Waals surface area contributed by atoms with Crippen LogP contribution in [0.1, 0.15) is 5.56 Å². The normalized spacial score (nSPS) is 10.7. The molecule has 0 radical (unpaired) electrons. The van der Waals surface area contributed by atoms with Crippen LogP contribution >= 0.6 is 0 Å². The first-order chi connectivity index (χ1) is 14.6. The van der Waals surface area contributed by atoms with Gasteiger partial charge in [0, 0.05) is 12.1 Å². The third-order valence-corrected chi connectivity index (χ3v) is 4.58. The lowest BCUT2D eigenvalue weighted by Crippen LogP contribution is -2.22. The Morgan fingerprint density at radius 2 is 1.87 bits per heavy atom. The number of aromatic nitrogens is 2. The number of anilines is 1. The fourth-order valence-corrected chi connectivity index (χ4v) is 3.17. The van der Waals surface area contributed by atoms with E-state index in [0.29, 0.717) is 12.4 Å². The third kappa shape index (κ3) is 4.27. The maximum Gasteiger partial charge on any atom is 0.273 e. The Hall–Kier alpha value is -4.20. The van der Waals surface area contributed by atoms with Crippen molar-refractivity contribution in [3.05, 3.63) is 94.7 Å². The molecule has 30 heavy (non-hydrogen) atoms. The van der Waals surface area contributed by atoms with Crippen molar-refractivity contribution in [2.75, 3.05) is 11.9 Å². The van der Waals surface area contributed by atoms with E-state index in [4.69, 9.17) is 4.74 Å². The van der Waals surface area contributed by atoms with Crippen LogP contribution < -0.4 is 10.1 Å². The van der Waals surface area contributed by atoms with Gasteiger partial charge in [0.1, 0.15) is 11.6 Å². The molecular formula is C22H18N4O4. The highest BCUT2D eigenvalue weighted by atomic mass is 16.6. The molecule has 0 fully saturated rings. The summed E-state index contributed by atoms with van der Waals surface area (Å²) in [4.78, 5) is 22.6. The van der Waals surface area contributed by atoms with Crippen molar-refractivity contribution in [1.82, 2.24) is 9.78 Å². The average Bonchev–Trinajstić information content (AvgIpc) is 3.19. The fraction of sp³-hybridized carbons (Fsp3) is 0.0909. The number of hydrogen-bond donors (Lipinski definition) is 1. The second kappa shape index (κ2) is 8.44. The number of hydrogen-bond acceptors (Lipinski definition) is 5. The molecule has 0 aliphatic carbocycles. The second-order valence-corrected chi connectivity index (χ2v) is 6.60. The number of non-ortho nitro benzene ring substituents is 1. The number of rotatable bonds is 7. The van der Waals surface area contributed by atoms with E-state index < -0.39 is 4.92 Å². The summed E-state index contributed by atoms with van der Waals surface area (Å²) in [5.41, 5.74) is 0.987. The molecule has 0 aliphatic heterocycles. The van der Waals surface area contributed by atoms with Gasteiger partial charge < -0.3 is 10.1 Å². The van der Waals surface area contributed by atoms with Gasteiger partial charge >= 0.3 is 0 Å². The molecule has 4 rings (SSSR count). The van der Waals surface area contributed by atoms with E-state index in [1.807, 2.05) is 24.3 Å². The summed E-state index contributed by atoms with van der Waals surface area (Å²) in [6, 6.07) is 21.6. The summed E-state index contributed by atoms with van der Waals surface area (Å²) < 4.78 is 7.08. The monoisotopic (exact) mass is 402 g/mol. The maximum absolute atomic E-state index is 12.3. The number of nitrogens with zero attached hydrogens (tertiary/aromatic N) is 3. The molecule has 0 spiro atoms. The summed E-state index contributed by atoms with van der Waals surface area (Å²) in [5.74, 6) is 0.403. The average molecular weight is 402 g/mol. The van der Waals surface area contributed by atoms with Crippen molar-refractivity contribution >= 4 is 28.2 Å². The molecule has 8 heteroatoms. The SMILES string of the molecule is O=C(COc1cccc([N+](=O)[O-])c1)Nc1ccnn1Cc1cccc2ccccc12. The topological polar surface area (TPSA) is 99.3 Å². The standard InChI is InChI=1S/C22H18N4O4/c27-22(15-30-19-9-4-8-18(13-19)26(28)29)24-21-11-12-23-25(21)14-17-7-3-6-16-5-1-2-10-20(16)17/h1-13H,14-15H2,(H,24,27). The number of amides is 1. The van der Waals surface area contributed by atoms with Crippen molar-refractivity contribution in [1.29, 1.82) is 0 Å². The lowest BCUT2D eigenvalue weighted by atomic mass is 10.0. The number of ether oxygens (including phenoxy) is 1. The highest BCUT2D eigenvalue weighted by Crippen LogP contribution is 2.21. The van der Waals surface area contributed by atoms with E-state index in [2.05, 4.69) is 28.6 Å². The van der Waals surface area contributed by atoms with E-state index in [1.165, 1.54) is 18.2 Å². The quantitative estimate of drug-likeness (QED) is 0.372.